The molecule has 4 N–H and O–H groups in total. The minimum Gasteiger partial charge on any atom is -0.323 e. The number of anilines is 1. The van der Waals surface area contributed by atoms with Crippen LogP contribution in [0.5, 0.6) is 0 Å². The Balaban J connectivity index is 1.55. The summed E-state index contributed by atoms with van der Waals surface area (Å²) in [4.78, 5) is 19.4. The van der Waals surface area contributed by atoms with Crippen LogP contribution in [-0.2, 0) is 4.79 Å². The molecule has 2 aromatic rings. The first-order chi connectivity index (χ1) is 10.3. The Kier molecular flexibility index (Phi) is 3.66. The van der Waals surface area contributed by atoms with E-state index in [4.69, 9.17) is 35.4 Å². The van der Waals surface area contributed by atoms with Crippen LogP contribution in [0.3, 0.4) is 0 Å². The van der Waals surface area contributed by atoms with E-state index in [0.29, 0.717) is 12.4 Å². The highest BCUT2D eigenvalue weighted by Crippen LogP contribution is 2.63. The van der Waals surface area contributed by atoms with E-state index < -0.39 is 9.75 Å². The average molecular weight is 358 g/mol. The zero-order valence-electron chi connectivity index (χ0n) is 11.5. The van der Waals surface area contributed by atoms with Crippen molar-refractivity contribution in [1.29, 1.82) is 0 Å². The number of nitrogens with zero attached hydrogens (tertiary/aromatic N) is 1. The zero-order valence-corrected chi connectivity index (χ0v) is 13.9. The largest absolute Gasteiger partial charge is 0.323 e. The first-order valence-corrected chi connectivity index (χ1v) is 7.68. The zero-order chi connectivity index (χ0) is 16.0. The molecule has 1 aliphatic rings. The lowest BCUT2D eigenvalue weighted by Gasteiger charge is -2.14. The molecule has 0 radical (unpaired) electrons. The molecule has 1 unspecified atom stereocenters. The summed E-state index contributed by atoms with van der Waals surface area (Å²) in [5.41, 5.74) is 6.37. The van der Waals surface area contributed by atoms with Gasteiger partial charge in [0, 0.05) is 0 Å². The lowest BCUT2D eigenvalue weighted by Crippen LogP contribution is -2.45. The molecule has 0 bridgehead atoms. The highest BCUT2D eigenvalue weighted by atomic mass is 35.5. The number of carbonyl (C=O) groups is 1. The lowest BCUT2D eigenvalue weighted by atomic mass is 10.1. The highest BCUT2D eigenvalue weighted by molar-refractivity contribution is 7.80. The quantitative estimate of drug-likeness (QED) is 0.385. The topological polar surface area (TPSA) is 81.8 Å². The number of hydrazine groups is 1. The summed E-state index contributed by atoms with van der Waals surface area (Å²) in [6.07, 6.45) is 0.397. The maximum absolute atomic E-state index is 12.0. The minimum atomic E-state index is -1.03. The van der Waals surface area contributed by atoms with Gasteiger partial charge in [-0.25, -0.2) is 4.98 Å². The smallest absolute Gasteiger partial charge is 0.235 e. The van der Waals surface area contributed by atoms with Crippen molar-refractivity contribution in [3.63, 3.8) is 0 Å². The second-order valence-corrected chi connectivity index (χ2v) is 7.24. The van der Waals surface area contributed by atoms with Crippen molar-refractivity contribution in [1.82, 2.24) is 20.7 Å². The van der Waals surface area contributed by atoms with Gasteiger partial charge in [0.2, 0.25) is 11.9 Å². The Hall–Kier alpha value is -1.57. The average Bonchev–Trinajstić information content (AvgIpc) is 2.84. The van der Waals surface area contributed by atoms with Crippen LogP contribution in [0, 0.1) is 5.41 Å². The lowest BCUT2D eigenvalue weighted by molar-refractivity contribution is -0.124. The normalized spacial score (nSPS) is 22.1. The second kappa shape index (κ2) is 5.26. The number of nitrogens with one attached hydrogen (secondary N) is 4. The predicted octanol–water partition coefficient (Wildman–Crippen LogP) is 2.46. The van der Waals surface area contributed by atoms with E-state index in [1.807, 2.05) is 24.3 Å². The van der Waals surface area contributed by atoms with E-state index in [0.717, 1.165) is 11.0 Å². The van der Waals surface area contributed by atoms with Gasteiger partial charge in [0.15, 0.2) is 5.11 Å². The Labute approximate surface area is 141 Å². The summed E-state index contributed by atoms with van der Waals surface area (Å²) < 4.78 is -1.03. The fourth-order valence-corrected chi connectivity index (χ4v) is 2.90. The summed E-state index contributed by atoms with van der Waals surface area (Å²) in [6.45, 7) is 1.69. The highest BCUT2D eigenvalue weighted by Gasteiger charge is 2.68. The maximum Gasteiger partial charge on any atom is 0.235 e. The molecule has 1 atom stereocenters. The van der Waals surface area contributed by atoms with Crippen molar-refractivity contribution in [3.05, 3.63) is 24.3 Å². The number of para-hydroxylation sites is 2. The van der Waals surface area contributed by atoms with Gasteiger partial charge in [-0.15, -0.1) is 23.2 Å². The van der Waals surface area contributed by atoms with Crippen molar-refractivity contribution in [2.45, 2.75) is 17.7 Å². The van der Waals surface area contributed by atoms with E-state index in [-0.39, 0.29) is 11.0 Å². The number of thiocarbonyl (C=S) groups is 1. The fraction of sp³-hybridized carbons (Fsp3) is 0.308. The van der Waals surface area contributed by atoms with E-state index in [1.165, 1.54) is 0 Å². The summed E-state index contributed by atoms with van der Waals surface area (Å²) in [6, 6.07) is 7.59. The van der Waals surface area contributed by atoms with E-state index in [1.54, 1.807) is 6.92 Å². The molecular formula is C13H13Cl2N5OS. The molecule has 0 saturated heterocycles. The number of benzene rings is 1. The van der Waals surface area contributed by atoms with Crippen molar-refractivity contribution < 1.29 is 4.79 Å². The van der Waals surface area contributed by atoms with E-state index in [2.05, 4.69) is 26.1 Å². The van der Waals surface area contributed by atoms with Crippen LogP contribution in [0.4, 0.5) is 5.95 Å². The summed E-state index contributed by atoms with van der Waals surface area (Å²) >= 11 is 17.0. The molecule has 0 spiro atoms. The molecule has 116 valence electrons. The van der Waals surface area contributed by atoms with Crippen LogP contribution in [0.1, 0.15) is 13.3 Å². The number of hydrogen-bond donors (Lipinski definition) is 4. The number of imidazole rings is 1. The fourth-order valence-electron chi connectivity index (χ4n) is 2.05. The number of aromatic nitrogens is 2. The van der Waals surface area contributed by atoms with E-state index >= 15 is 0 Å². The SMILES string of the molecule is CC1(C(=O)NC(=S)NNc2nc3ccccc3[nH]2)CC1(Cl)Cl. The number of halogens is 2. The maximum atomic E-state index is 12.0. The molecule has 1 fully saturated rings. The molecule has 1 aromatic carbocycles. The predicted molar refractivity (Wildman–Crippen MR) is 90.8 cm³/mol. The van der Waals surface area contributed by atoms with Crippen LogP contribution in [0.2, 0.25) is 0 Å². The molecule has 9 heteroatoms. The number of rotatable bonds is 3. The van der Waals surface area contributed by atoms with Gasteiger partial charge in [-0.05, 0) is 37.7 Å². The molecule has 22 heavy (non-hydrogen) atoms. The van der Waals surface area contributed by atoms with Crippen LogP contribution >= 0.6 is 35.4 Å². The van der Waals surface area contributed by atoms with E-state index in [9.17, 15) is 4.79 Å². The summed E-state index contributed by atoms with van der Waals surface area (Å²) in [7, 11) is 0. The van der Waals surface area contributed by atoms with Gasteiger partial charge >= 0.3 is 0 Å². The first kappa shape index (κ1) is 15.3. The molecule has 6 nitrogen and oxygen atoms in total. The Morgan fingerprint density at radius 3 is 2.73 bits per heavy atom. The Morgan fingerprint density at radius 1 is 1.41 bits per heavy atom. The van der Waals surface area contributed by atoms with Crippen molar-refractivity contribution in [3.8, 4) is 0 Å². The number of amides is 1. The molecule has 0 aliphatic heterocycles. The molecule has 1 aromatic heterocycles. The molecule has 3 rings (SSSR count). The number of carbonyl (C=O) groups excluding carboxylic acids is 1. The molecule has 1 heterocycles. The molecule has 1 amide bonds. The first-order valence-electron chi connectivity index (χ1n) is 6.52. The van der Waals surface area contributed by atoms with Gasteiger partial charge in [0.25, 0.3) is 0 Å². The minimum absolute atomic E-state index is 0.114. The van der Waals surface area contributed by atoms with Crippen LogP contribution < -0.4 is 16.2 Å². The standard InChI is InChI=1S/C13H13Cl2N5OS/c1-12(6-13(12,14)15)9(21)18-11(22)20-19-10-16-7-4-2-3-5-8(7)17-10/h2-5H,6H2,1H3,(H2,16,17,19)(H2,18,20,21,22). The van der Waals surface area contributed by atoms with Gasteiger partial charge in [-0.2, -0.15) is 0 Å². The Morgan fingerprint density at radius 2 is 2.09 bits per heavy atom. The van der Waals surface area contributed by atoms with Crippen molar-refractivity contribution >= 4 is 63.4 Å². The van der Waals surface area contributed by atoms with Crippen molar-refractivity contribution in [2.24, 2.45) is 5.41 Å². The van der Waals surface area contributed by atoms with Gasteiger partial charge in [-0.1, -0.05) is 12.1 Å². The molecule has 1 aliphatic carbocycles. The second-order valence-electron chi connectivity index (χ2n) is 5.35. The Bertz CT molecular complexity index is 729. The van der Waals surface area contributed by atoms with Gasteiger partial charge < -0.3 is 10.3 Å². The summed E-state index contributed by atoms with van der Waals surface area (Å²) in [5.74, 6) is 0.167. The van der Waals surface area contributed by atoms with Crippen LogP contribution in [0.25, 0.3) is 11.0 Å². The third-order valence-corrected chi connectivity index (χ3v) is 4.98. The van der Waals surface area contributed by atoms with Gasteiger partial charge in [0.1, 0.15) is 4.33 Å². The van der Waals surface area contributed by atoms with Gasteiger partial charge in [0.05, 0.1) is 16.4 Å². The van der Waals surface area contributed by atoms with Crippen LogP contribution in [0.15, 0.2) is 24.3 Å². The number of fused-ring (bicyclic) bond motifs is 1. The van der Waals surface area contributed by atoms with Crippen LogP contribution in [-0.4, -0.2) is 25.3 Å². The third kappa shape index (κ3) is 2.71. The van der Waals surface area contributed by atoms with Crippen molar-refractivity contribution in [2.75, 3.05) is 5.43 Å². The monoisotopic (exact) mass is 357 g/mol. The number of alkyl halides is 2. The van der Waals surface area contributed by atoms with Gasteiger partial charge in [-0.3, -0.25) is 15.6 Å². The third-order valence-electron chi connectivity index (χ3n) is 3.67. The number of hydrogen-bond acceptors (Lipinski definition) is 4. The molecular weight excluding hydrogens is 345 g/mol. The molecule has 1 saturated carbocycles. The number of aromatic amines is 1. The summed E-state index contributed by atoms with van der Waals surface area (Å²) in [5, 5.41) is 2.66. The number of H-pyrrole nitrogens is 1.